The van der Waals surface area contributed by atoms with Crippen molar-refractivity contribution in [3.8, 4) is 0 Å². The van der Waals surface area contributed by atoms with Gasteiger partial charge in [0.25, 0.3) is 0 Å². The van der Waals surface area contributed by atoms with Gasteiger partial charge in [0.05, 0.1) is 13.2 Å². The first-order chi connectivity index (χ1) is 6.75. The molecule has 1 saturated heterocycles. The van der Waals surface area contributed by atoms with Gasteiger partial charge in [0.1, 0.15) is 5.82 Å². The summed E-state index contributed by atoms with van der Waals surface area (Å²) in [4.78, 5) is 0. The van der Waals surface area contributed by atoms with Gasteiger partial charge in [-0.3, -0.25) is 0 Å². The Kier molecular flexibility index (Phi) is 2.65. The molecule has 0 radical (unpaired) electrons. The van der Waals surface area contributed by atoms with E-state index in [9.17, 15) is 4.39 Å². The first kappa shape index (κ1) is 9.43. The summed E-state index contributed by atoms with van der Waals surface area (Å²) in [6, 6.07) is 4.31. The highest BCUT2D eigenvalue weighted by Gasteiger charge is 2.17. The van der Waals surface area contributed by atoms with Gasteiger partial charge in [-0.05, 0) is 23.8 Å². The van der Waals surface area contributed by atoms with Crippen molar-refractivity contribution in [1.82, 2.24) is 0 Å². The molecule has 1 aliphatic heterocycles. The van der Waals surface area contributed by atoms with Gasteiger partial charge in [-0.2, -0.15) is 0 Å². The predicted octanol–water partition coefficient (Wildman–Crippen LogP) is 1.32. The third-order valence-corrected chi connectivity index (χ3v) is 2.18. The number of halogens is 1. The van der Waals surface area contributed by atoms with Crippen LogP contribution >= 0.6 is 0 Å². The van der Waals surface area contributed by atoms with Gasteiger partial charge < -0.3 is 15.2 Å². The fourth-order valence-electron chi connectivity index (χ4n) is 1.46. The number of hydrogen-bond acceptors (Lipinski definition) is 3. The van der Waals surface area contributed by atoms with Crippen LogP contribution in [0.15, 0.2) is 18.2 Å². The Balaban J connectivity index is 2.10. The van der Waals surface area contributed by atoms with E-state index in [0.717, 1.165) is 5.56 Å². The van der Waals surface area contributed by atoms with Crippen LogP contribution in [0.2, 0.25) is 0 Å². The Morgan fingerprint density at radius 2 is 2.07 bits per heavy atom. The van der Waals surface area contributed by atoms with Gasteiger partial charge >= 0.3 is 0 Å². The van der Waals surface area contributed by atoms with Crippen LogP contribution in [0.4, 0.5) is 10.1 Å². The Bertz CT molecular complexity index is 324. The Hall–Kier alpha value is -1.13. The predicted molar refractivity (Wildman–Crippen MR) is 50.2 cm³/mol. The van der Waals surface area contributed by atoms with Crippen LogP contribution in [-0.4, -0.2) is 19.5 Å². The highest BCUT2D eigenvalue weighted by atomic mass is 19.1. The molecule has 2 rings (SSSR count). The second kappa shape index (κ2) is 3.94. The molecule has 1 fully saturated rings. The molecule has 0 spiro atoms. The highest BCUT2D eigenvalue weighted by Crippen LogP contribution is 2.18. The zero-order valence-corrected chi connectivity index (χ0v) is 7.70. The van der Waals surface area contributed by atoms with Gasteiger partial charge in [0, 0.05) is 12.1 Å². The largest absolute Gasteiger partial charge is 0.399 e. The van der Waals surface area contributed by atoms with Gasteiger partial charge in [-0.15, -0.1) is 0 Å². The first-order valence-corrected chi connectivity index (χ1v) is 4.53. The summed E-state index contributed by atoms with van der Waals surface area (Å²) < 4.78 is 23.4. The standard InChI is InChI=1S/C10H12FNO2/c11-8-1-2-9(12)7(5-8)6-10-13-3-4-14-10/h1-2,5,10H,3-4,6,12H2. The lowest BCUT2D eigenvalue weighted by atomic mass is 10.1. The molecule has 1 aliphatic rings. The van der Waals surface area contributed by atoms with Gasteiger partial charge in [0.2, 0.25) is 0 Å². The van der Waals surface area contributed by atoms with Crippen LogP contribution in [0.25, 0.3) is 0 Å². The summed E-state index contributed by atoms with van der Waals surface area (Å²) in [6.07, 6.45) is 0.225. The summed E-state index contributed by atoms with van der Waals surface area (Å²) in [7, 11) is 0. The molecule has 4 heteroatoms. The molecular formula is C10H12FNO2. The van der Waals surface area contributed by atoms with Gasteiger partial charge in [-0.25, -0.2) is 4.39 Å². The Labute approximate surface area is 81.6 Å². The number of ether oxygens (including phenoxy) is 2. The van der Waals surface area contributed by atoms with Crippen LogP contribution in [0.1, 0.15) is 5.56 Å². The summed E-state index contributed by atoms with van der Waals surface area (Å²) in [5.74, 6) is -0.285. The third kappa shape index (κ3) is 2.02. The smallest absolute Gasteiger partial charge is 0.161 e. The third-order valence-electron chi connectivity index (χ3n) is 2.18. The number of hydrogen-bond donors (Lipinski definition) is 1. The fraction of sp³-hybridized carbons (Fsp3) is 0.400. The zero-order chi connectivity index (χ0) is 9.97. The van der Waals surface area contributed by atoms with Crippen molar-refractivity contribution in [3.63, 3.8) is 0 Å². The van der Waals surface area contributed by atoms with Crippen LogP contribution < -0.4 is 5.73 Å². The molecule has 0 amide bonds. The fourth-order valence-corrected chi connectivity index (χ4v) is 1.46. The van der Waals surface area contributed by atoms with Gasteiger partial charge in [-0.1, -0.05) is 0 Å². The minimum atomic E-state index is -0.285. The minimum Gasteiger partial charge on any atom is -0.399 e. The van der Waals surface area contributed by atoms with E-state index in [0.29, 0.717) is 25.3 Å². The van der Waals surface area contributed by atoms with E-state index < -0.39 is 0 Å². The molecule has 0 aliphatic carbocycles. The Morgan fingerprint density at radius 1 is 1.36 bits per heavy atom. The Morgan fingerprint density at radius 3 is 2.79 bits per heavy atom. The highest BCUT2D eigenvalue weighted by molar-refractivity contribution is 5.46. The molecule has 1 aromatic rings. The number of benzene rings is 1. The molecule has 0 aromatic heterocycles. The average molecular weight is 197 g/mol. The van der Waals surface area contributed by atoms with Crippen molar-refractivity contribution in [3.05, 3.63) is 29.6 Å². The van der Waals surface area contributed by atoms with Crippen LogP contribution in [-0.2, 0) is 15.9 Å². The SMILES string of the molecule is Nc1ccc(F)cc1CC1OCCO1. The molecule has 0 bridgehead atoms. The molecule has 0 saturated carbocycles. The zero-order valence-electron chi connectivity index (χ0n) is 7.70. The van der Waals surface area contributed by atoms with Crippen molar-refractivity contribution < 1.29 is 13.9 Å². The second-order valence-electron chi connectivity index (χ2n) is 3.22. The summed E-state index contributed by atoms with van der Waals surface area (Å²) >= 11 is 0. The summed E-state index contributed by atoms with van der Waals surface area (Å²) in [5.41, 5.74) is 7.00. The number of nitrogens with two attached hydrogens (primary N) is 1. The quantitative estimate of drug-likeness (QED) is 0.727. The van der Waals surface area contributed by atoms with Crippen LogP contribution in [0.5, 0.6) is 0 Å². The molecule has 76 valence electrons. The molecular weight excluding hydrogens is 185 g/mol. The lowest BCUT2D eigenvalue weighted by Crippen LogP contribution is -2.12. The number of nitrogen functional groups attached to an aromatic ring is 1. The molecule has 14 heavy (non-hydrogen) atoms. The normalized spacial score (nSPS) is 17.5. The van der Waals surface area contributed by atoms with Crippen molar-refractivity contribution in [1.29, 1.82) is 0 Å². The summed E-state index contributed by atoms with van der Waals surface area (Å²) in [5, 5.41) is 0. The number of rotatable bonds is 2. The van der Waals surface area contributed by atoms with Gasteiger partial charge in [0.15, 0.2) is 6.29 Å². The van der Waals surface area contributed by atoms with E-state index >= 15 is 0 Å². The average Bonchev–Trinajstić information content (AvgIpc) is 2.64. The van der Waals surface area contributed by atoms with E-state index in [4.69, 9.17) is 15.2 Å². The van der Waals surface area contributed by atoms with E-state index in [1.807, 2.05) is 0 Å². The molecule has 0 atom stereocenters. The first-order valence-electron chi connectivity index (χ1n) is 4.53. The molecule has 3 nitrogen and oxygen atoms in total. The lowest BCUT2D eigenvalue weighted by molar-refractivity contribution is -0.0399. The lowest BCUT2D eigenvalue weighted by Gasteiger charge is -2.10. The van der Waals surface area contributed by atoms with Crippen molar-refractivity contribution in [2.45, 2.75) is 12.7 Å². The van der Waals surface area contributed by atoms with Crippen LogP contribution in [0.3, 0.4) is 0 Å². The molecule has 1 aromatic carbocycles. The van der Waals surface area contributed by atoms with E-state index in [1.165, 1.54) is 12.1 Å². The van der Waals surface area contributed by atoms with Crippen LogP contribution in [0, 0.1) is 5.82 Å². The molecule has 1 heterocycles. The van der Waals surface area contributed by atoms with E-state index in [1.54, 1.807) is 6.07 Å². The second-order valence-corrected chi connectivity index (χ2v) is 3.22. The minimum absolute atomic E-state index is 0.279. The molecule has 2 N–H and O–H groups in total. The maximum Gasteiger partial charge on any atom is 0.161 e. The summed E-state index contributed by atoms with van der Waals surface area (Å²) in [6.45, 7) is 1.19. The maximum atomic E-state index is 12.9. The topological polar surface area (TPSA) is 44.5 Å². The monoisotopic (exact) mass is 197 g/mol. The van der Waals surface area contributed by atoms with E-state index in [-0.39, 0.29) is 12.1 Å². The van der Waals surface area contributed by atoms with Crippen molar-refractivity contribution in [2.75, 3.05) is 18.9 Å². The van der Waals surface area contributed by atoms with Crippen molar-refractivity contribution in [2.24, 2.45) is 0 Å². The molecule has 0 unspecified atom stereocenters. The maximum absolute atomic E-state index is 12.9. The van der Waals surface area contributed by atoms with Crippen molar-refractivity contribution >= 4 is 5.69 Å². The van der Waals surface area contributed by atoms with E-state index in [2.05, 4.69) is 0 Å². The number of anilines is 1.